The second-order valence-corrected chi connectivity index (χ2v) is 10.9. The molecule has 1 saturated heterocycles. The molecule has 11 nitrogen and oxygen atoms in total. The maximum absolute atomic E-state index is 12.0. The minimum atomic E-state index is -0.241. The van der Waals surface area contributed by atoms with Crippen LogP contribution < -0.4 is 30.7 Å². The van der Waals surface area contributed by atoms with Crippen molar-refractivity contribution >= 4 is 51.8 Å². The Morgan fingerprint density at radius 2 is 1.88 bits per heavy atom. The smallest absolute Gasteiger partial charge is 0.243 e. The normalized spacial score (nSPS) is 16.7. The van der Waals surface area contributed by atoms with Crippen LogP contribution in [0.2, 0.25) is 10.0 Å². The first kappa shape index (κ1) is 31.6. The van der Waals surface area contributed by atoms with Crippen molar-refractivity contribution < 1.29 is 19.0 Å². The fourth-order valence-electron chi connectivity index (χ4n) is 4.62. The number of nitrogens with one attached hydrogen (secondary N) is 4. The Balaban J connectivity index is 1.72. The van der Waals surface area contributed by atoms with Gasteiger partial charge in [-0.05, 0) is 31.5 Å². The van der Waals surface area contributed by atoms with Gasteiger partial charge in [0, 0.05) is 42.4 Å². The minimum Gasteiger partial charge on any atom is -0.495 e. The Morgan fingerprint density at radius 3 is 2.55 bits per heavy atom. The zero-order chi connectivity index (χ0) is 30.2. The van der Waals surface area contributed by atoms with E-state index in [9.17, 15) is 4.79 Å². The van der Waals surface area contributed by atoms with Crippen molar-refractivity contribution in [3.05, 3.63) is 41.0 Å². The number of aromatic nitrogens is 3. The molecule has 0 spiro atoms. The summed E-state index contributed by atoms with van der Waals surface area (Å²) in [5, 5.41) is 14.5. The van der Waals surface area contributed by atoms with Crippen molar-refractivity contribution in [3.63, 3.8) is 0 Å². The molecule has 3 aromatic rings. The number of benzene rings is 1. The Hall–Kier alpha value is -3.38. The average molecular weight is 619 g/mol. The third-order valence-electron chi connectivity index (χ3n) is 6.78. The lowest BCUT2D eigenvalue weighted by Crippen LogP contribution is -2.52. The molecule has 2 aromatic heterocycles. The van der Waals surface area contributed by atoms with Gasteiger partial charge in [0.05, 0.1) is 48.6 Å². The van der Waals surface area contributed by atoms with Crippen LogP contribution in [0.15, 0.2) is 31.0 Å². The largest absolute Gasteiger partial charge is 0.495 e. The van der Waals surface area contributed by atoms with E-state index in [1.807, 2.05) is 6.07 Å². The zero-order valence-corrected chi connectivity index (χ0v) is 25.7. The van der Waals surface area contributed by atoms with Crippen molar-refractivity contribution in [2.75, 3.05) is 51.2 Å². The van der Waals surface area contributed by atoms with E-state index >= 15 is 0 Å². The fourth-order valence-corrected chi connectivity index (χ4v) is 5.31. The molecule has 0 aliphatic carbocycles. The number of pyridine rings is 1. The third-order valence-corrected chi connectivity index (χ3v) is 7.53. The van der Waals surface area contributed by atoms with Crippen LogP contribution in [0.1, 0.15) is 26.7 Å². The van der Waals surface area contributed by atoms with Gasteiger partial charge in [0.1, 0.15) is 17.0 Å². The number of hydrogen-bond acceptors (Lipinski definition) is 10. The molecule has 4 rings (SSSR count). The molecule has 1 amide bonds. The highest BCUT2D eigenvalue weighted by molar-refractivity contribution is 6.41. The van der Waals surface area contributed by atoms with Crippen molar-refractivity contribution in [2.24, 2.45) is 0 Å². The molecular weight excluding hydrogens is 581 g/mol. The monoisotopic (exact) mass is 617 g/mol. The summed E-state index contributed by atoms with van der Waals surface area (Å²) in [6.45, 7) is 10.2. The lowest BCUT2D eigenvalue weighted by Gasteiger charge is -2.32. The first-order chi connectivity index (χ1) is 20.2. The van der Waals surface area contributed by atoms with E-state index in [1.54, 1.807) is 12.3 Å². The van der Waals surface area contributed by atoms with Crippen molar-refractivity contribution in [1.29, 1.82) is 0 Å². The van der Waals surface area contributed by atoms with Gasteiger partial charge in [-0.2, -0.15) is 0 Å². The molecule has 1 aromatic carbocycles. The molecule has 1 aliphatic rings. The van der Waals surface area contributed by atoms with Crippen LogP contribution in [-0.2, 0) is 9.53 Å². The van der Waals surface area contributed by atoms with E-state index in [1.165, 1.54) is 20.3 Å². The number of methoxy groups -OCH3 is 2. The predicted molar refractivity (Wildman–Crippen MR) is 167 cm³/mol. The molecule has 0 bridgehead atoms. The van der Waals surface area contributed by atoms with E-state index in [2.05, 4.69) is 46.7 Å². The summed E-state index contributed by atoms with van der Waals surface area (Å²) in [7, 11) is 3.05. The summed E-state index contributed by atoms with van der Waals surface area (Å²) in [5.41, 5.74) is 1.59. The van der Waals surface area contributed by atoms with E-state index in [-0.39, 0.29) is 18.0 Å². The maximum atomic E-state index is 12.0. The summed E-state index contributed by atoms with van der Waals surface area (Å²) in [6, 6.07) is 3.46. The van der Waals surface area contributed by atoms with E-state index in [0.717, 1.165) is 18.4 Å². The number of ether oxygens (including phenoxy) is 3. The van der Waals surface area contributed by atoms with Crippen LogP contribution in [-0.4, -0.2) is 79.5 Å². The van der Waals surface area contributed by atoms with Gasteiger partial charge in [-0.25, -0.2) is 15.0 Å². The SMILES string of the molecule is C=CC(=O)N[C@H]1CCOC[C@H]1Nc1ncc2cc(-c3c(Cl)c(OC)cc(OC)c3Cl)nc(NCCCNC(C)C)c2n1. The molecule has 0 unspecified atom stereocenters. The first-order valence-corrected chi connectivity index (χ1v) is 14.5. The highest BCUT2D eigenvalue weighted by Crippen LogP contribution is 2.46. The lowest BCUT2D eigenvalue weighted by atomic mass is 10.0. The van der Waals surface area contributed by atoms with E-state index in [0.29, 0.717) is 82.3 Å². The van der Waals surface area contributed by atoms with Crippen molar-refractivity contribution in [2.45, 2.75) is 44.8 Å². The molecule has 42 heavy (non-hydrogen) atoms. The Morgan fingerprint density at radius 1 is 1.14 bits per heavy atom. The van der Waals surface area contributed by atoms with Gasteiger partial charge < -0.3 is 35.5 Å². The molecule has 1 aliphatic heterocycles. The molecule has 1 fully saturated rings. The highest BCUT2D eigenvalue weighted by atomic mass is 35.5. The van der Waals surface area contributed by atoms with E-state index < -0.39 is 0 Å². The molecule has 0 radical (unpaired) electrons. The summed E-state index contributed by atoms with van der Waals surface area (Å²) < 4.78 is 16.6. The number of halogens is 2. The van der Waals surface area contributed by atoms with E-state index in [4.69, 9.17) is 47.4 Å². The maximum Gasteiger partial charge on any atom is 0.243 e. The number of carbonyl (C=O) groups is 1. The summed E-state index contributed by atoms with van der Waals surface area (Å²) in [4.78, 5) is 26.3. The number of fused-ring (bicyclic) bond motifs is 1. The number of nitrogens with zero attached hydrogens (tertiary/aromatic N) is 3. The van der Waals surface area contributed by atoms with Crippen LogP contribution in [0.25, 0.3) is 22.2 Å². The van der Waals surface area contributed by atoms with Gasteiger partial charge in [0.15, 0.2) is 5.82 Å². The van der Waals surface area contributed by atoms with Gasteiger partial charge in [-0.1, -0.05) is 43.6 Å². The van der Waals surface area contributed by atoms with Gasteiger partial charge in [0.25, 0.3) is 0 Å². The van der Waals surface area contributed by atoms with Crippen molar-refractivity contribution in [1.82, 2.24) is 25.6 Å². The lowest BCUT2D eigenvalue weighted by molar-refractivity contribution is -0.117. The number of rotatable bonds is 13. The molecular formula is C29H37Cl2N7O4. The fraction of sp³-hybridized carbons (Fsp3) is 0.448. The van der Waals surface area contributed by atoms with Crippen LogP contribution >= 0.6 is 23.2 Å². The van der Waals surface area contributed by atoms with Gasteiger partial charge in [0.2, 0.25) is 11.9 Å². The van der Waals surface area contributed by atoms with Crippen LogP contribution in [0, 0.1) is 0 Å². The number of anilines is 2. The van der Waals surface area contributed by atoms with Crippen LogP contribution in [0.4, 0.5) is 11.8 Å². The molecule has 3 heterocycles. The molecule has 226 valence electrons. The van der Waals surface area contributed by atoms with Gasteiger partial charge >= 0.3 is 0 Å². The summed E-state index contributed by atoms with van der Waals surface area (Å²) >= 11 is 13.5. The van der Waals surface area contributed by atoms with Gasteiger partial charge in [-0.15, -0.1) is 0 Å². The number of hydrogen-bond donors (Lipinski definition) is 4. The Labute approximate surface area is 255 Å². The summed E-state index contributed by atoms with van der Waals surface area (Å²) in [5.74, 6) is 1.51. The second-order valence-electron chi connectivity index (χ2n) is 10.1. The average Bonchev–Trinajstić information content (AvgIpc) is 2.98. The van der Waals surface area contributed by atoms with Crippen LogP contribution in [0.3, 0.4) is 0 Å². The molecule has 13 heteroatoms. The molecule has 4 N–H and O–H groups in total. The van der Waals surface area contributed by atoms with Crippen LogP contribution in [0.5, 0.6) is 11.5 Å². The Kier molecular flexibility index (Phi) is 11.0. The standard InChI is InChI=1S/C29H37Cl2N7O4/c1-6-23(39)35-18-8-11-42-15-20(18)37-29-34-14-17-12-19(24-25(30)21(40-4)13-22(41-5)26(24)31)36-28(27(17)38-29)33-10-7-9-32-16(2)3/h6,12-14,16,18,20,32H,1,7-11,15H2,2-5H3,(H,33,36)(H,35,39)(H,34,37,38)/t18-,20+/m0/s1. The summed E-state index contributed by atoms with van der Waals surface area (Å²) in [6.07, 6.45) is 4.48. The zero-order valence-electron chi connectivity index (χ0n) is 24.2. The van der Waals surface area contributed by atoms with Gasteiger partial charge in [-0.3, -0.25) is 4.79 Å². The Bertz CT molecular complexity index is 1390. The second kappa shape index (κ2) is 14.7. The van der Waals surface area contributed by atoms with Crippen molar-refractivity contribution in [3.8, 4) is 22.8 Å². The molecule has 2 atom stereocenters. The minimum absolute atomic E-state index is 0.164. The quantitative estimate of drug-likeness (QED) is 0.158. The predicted octanol–water partition coefficient (Wildman–Crippen LogP) is 4.69. The molecule has 0 saturated carbocycles. The highest BCUT2D eigenvalue weighted by Gasteiger charge is 2.28. The topological polar surface area (TPSA) is 132 Å². The number of carbonyl (C=O) groups excluding carboxylic acids is 1. The third kappa shape index (κ3) is 7.52. The number of amides is 1. The first-order valence-electron chi connectivity index (χ1n) is 13.8.